The van der Waals surface area contributed by atoms with E-state index in [1.807, 2.05) is 13.8 Å². The Labute approximate surface area is 152 Å². The van der Waals surface area contributed by atoms with Gasteiger partial charge in [-0.3, -0.25) is 9.59 Å². The molecule has 0 saturated carbocycles. The predicted molar refractivity (Wildman–Crippen MR) is 97.4 cm³/mol. The van der Waals surface area contributed by atoms with Gasteiger partial charge in [0.1, 0.15) is 5.92 Å². The van der Waals surface area contributed by atoms with Gasteiger partial charge in [-0.05, 0) is 37.5 Å². The smallest absolute Gasteiger partial charge is 0.239 e. The summed E-state index contributed by atoms with van der Waals surface area (Å²) in [5.41, 5.74) is 6.41. The number of carbonyl (C=O) groups is 2. The van der Waals surface area contributed by atoms with Gasteiger partial charge in [0.05, 0.1) is 10.0 Å². The molecule has 132 valence electrons. The Kier molecular flexibility index (Phi) is 6.12. The Morgan fingerprint density at radius 1 is 1.33 bits per heavy atom. The maximum absolute atomic E-state index is 12.6. The third-order valence-electron chi connectivity index (χ3n) is 4.76. The number of halogens is 2. The van der Waals surface area contributed by atoms with E-state index in [4.69, 9.17) is 28.9 Å². The van der Waals surface area contributed by atoms with Gasteiger partial charge >= 0.3 is 0 Å². The van der Waals surface area contributed by atoms with Gasteiger partial charge in [0, 0.05) is 24.3 Å². The minimum atomic E-state index is -0.683. The lowest BCUT2D eigenvalue weighted by Gasteiger charge is -2.27. The number of carbonyl (C=O) groups excluding carboxylic acids is 2. The fraction of sp³-hybridized carbons (Fsp3) is 0.529. The fourth-order valence-corrected chi connectivity index (χ4v) is 3.01. The molecule has 7 heteroatoms. The average Bonchev–Trinajstić information content (AvgIpc) is 2.96. The molecule has 3 N–H and O–H groups in total. The zero-order chi connectivity index (χ0) is 17.9. The Morgan fingerprint density at radius 2 is 2.00 bits per heavy atom. The van der Waals surface area contributed by atoms with Crippen LogP contribution in [-0.2, 0) is 9.59 Å². The summed E-state index contributed by atoms with van der Waals surface area (Å²) in [7, 11) is 0. The number of hydrogen-bond acceptors (Lipinski definition) is 3. The van der Waals surface area contributed by atoms with E-state index in [0.717, 1.165) is 12.8 Å². The molecule has 1 aliphatic heterocycles. The molecule has 1 saturated heterocycles. The number of nitrogens with zero attached hydrogens (tertiary/aromatic N) is 1. The van der Waals surface area contributed by atoms with E-state index in [-0.39, 0.29) is 11.8 Å². The van der Waals surface area contributed by atoms with Gasteiger partial charge in [0.15, 0.2) is 0 Å². The van der Waals surface area contributed by atoms with Gasteiger partial charge in [0.2, 0.25) is 11.8 Å². The average molecular weight is 372 g/mol. The van der Waals surface area contributed by atoms with Crippen molar-refractivity contribution in [2.75, 3.05) is 18.0 Å². The molecule has 2 rings (SSSR count). The largest absolute Gasteiger partial charge is 0.354 e. The Balaban J connectivity index is 2.02. The highest BCUT2D eigenvalue weighted by atomic mass is 35.5. The van der Waals surface area contributed by atoms with Crippen LogP contribution in [0.3, 0.4) is 0 Å². The second-order valence-electron chi connectivity index (χ2n) is 6.22. The van der Waals surface area contributed by atoms with Crippen molar-refractivity contribution in [2.24, 2.45) is 11.7 Å². The molecule has 0 aromatic heterocycles. The van der Waals surface area contributed by atoms with Crippen LogP contribution in [0.2, 0.25) is 10.0 Å². The molecule has 1 aliphatic rings. The van der Waals surface area contributed by atoms with Crippen molar-refractivity contribution < 1.29 is 9.59 Å². The number of anilines is 1. The lowest BCUT2D eigenvalue weighted by atomic mass is 9.94. The van der Waals surface area contributed by atoms with Crippen molar-refractivity contribution in [3.63, 3.8) is 0 Å². The molecule has 1 atom stereocenters. The monoisotopic (exact) mass is 371 g/mol. The second-order valence-corrected chi connectivity index (χ2v) is 7.03. The number of hydrogen-bond donors (Lipinski definition) is 2. The van der Waals surface area contributed by atoms with Gasteiger partial charge in [-0.1, -0.05) is 37.0 Å². The highest BCUT2D eigenvalue weighted by Crippen LogP contribution is 2.31. The highest BCUT2D eigenvalue weighted by Gasteiger charge is 2.38. The molecule has 1 aromatic carbocycles. The van der Waals surface area contributed by atoms with E-state index in [1.54, 1.807) is 23.1 Å². The standard InChI is InChI=1S/C17H23Cl2N3O2/c1-3-17(20,4-2)10-21-15(23)12-7-8-22(16(12)24)11-5-6-13(18)14(19)9-11/h5-6,9,12H,3-4,7-8,10,20H2,1-2H3,(H,21,23). The Hall–Kier alpha value is -1.30. The van der Waals surface area contributed by atoms with Crippen LogP contribution in [0, 0.1) is 5.92 Å². The van der Waals surface area contributed by atoms with E-state index >= 15 is 0 Å². The molecule has 1 heterocycles. The molecule has 5 nitrogen and oxygen atoms in total. The molecule has 0 aliphatic carbocycles. The van der Waals surface area contributed by atoms with Crippen molar-refractivity contribution in [1.29, 1.82) is 0 Å². The summed E-state index contributed by atoms with van der Waals surface area (Å²) in [6.45, 7) is 4.82. The van der Waals surface area contributed by atoms with Gasteiger partial charge in [-0.2, -0.15) is 0 Å². The van der Waals surface area contributed by atoms with Crippen LogP contribution in [0.1, 0.15) is 33.1 Å². The van der Waals surface area contributed by atoms with Crippen molar-refractivity contribution >= 4 is 40.7 Å². The summed E-state index contributed by atoms with van der Waals surface area (Å²) in [4.78, 5) is 26.5. The first-order valence-corrected chi connectivity index (χ1v) is 8.90. The molecule has 0 bridgehead atoms. The number of amides is 2. The second kappa shape index (κ2) is 7.72. The van der Waals surface area contributed by atoms with Crippen molar-refractivity contribution in [1.82, 2.24) is 5.32 Å². The zero-order valence-corrected chi connectivity index (χ0v) is 15.5. The number of rotatable bonds is 6. The third kappa shape index (κ3) is 4.02. The van der Waals surface area contributed by atoms with Gasteiger partial charge in [0.25, 0.3) is 0 Å². The molecular formula is C17H23Cl2N3O2. The normalized spacial score (nSPS) is 18.1. The van der Waals surface area contributed by atoms with Crippen LogP contribution in [0.25, 0.3) is 0 Å². The van der Waals surface area contributed by atoms with E-state index in [1.165, 1.54) is 0 Å². The van der Waals surface area contributed by atoms with Crippen LogP contribution >= 0.6 is 23.2 Å². The number of nitrogens with two attached hydrogens (primary N) is 1. The van der Waals surface area contributed by atoms with Crippen LogP contribution in [0.5, 0.6) is 0 Å². The molecule has 1 unspecified atom stereocenters. The first-order chi connectivity index (χ1) is 11.3. The van der Waals surface area contributed by atoms with E-state index in [0.29, 0.717) is 35.2 Å². The number of benzene rings is 1. The van der Waals surface area contributed by atoms with Crippen LogP contribution in [0.15, 0.2) is 18.2 Å². The van der Waals surface area contributed by atoms with Crippen LogP contribution < -0.4 is 16.0 Å². The highest BCUT2D eigenvalue weighted by molar-refractivity contribution is 6.42. The summed E-state index contributed by atoms with van der Waals surface area (Å²) in [6, 6.07) is 5.01. The van der Waals surface area contributed by atoms with Crippen molar-refractivity contribution in [2.45, 2.75) is 38.6 Å². The maximum Gasteiger partial charge on any atom is 0.239 e. The molecule has 1 aromatic rings. The molecule has 0 spiro atoms. The molecule has 2 amide bonds. The van der Waals surface area contributed by atoms with Crippen molar-refractivity contribution in [3.05, 3.63) is 28.2 Å². The van der Waals surface area contributed by atoms with Gasteiger partial charge < -0.3 is 16.0 Å². The molecule has 24 heavy (non-hydrogen) atoms. The SMILES string of the molecule is CCC(N)(CC)CNC(=O)C1CCN(c2ccc(Cl)c(Cl)c2)C1=O. The van der Waals surface area contributed by atoms with E-state index in [9.17, 15) is 9.59 Å². The minimum absolute atomic E-state index is 0.221. The van der Waals surface area contributed by atoms with Gasteiger partial charge in [-0.25, -0.2) is 0 Å². The first-order valence-electron chi connectivity index (χ1n) is 8.14. The summed E-state index contributed by atoms with van der Waals surface area (Å²) in [6.07, 6.45) is 2.00. The number of nitrogens with one attached hydrogen (secondary N) is 1. The minimum Gasteiger partial charge on any atom is -0.354 e. The molecule has 1 fully saturated rings. The van der Waals surface area contributed by atoms with E-state index in [2.05, 4.69) is 5.32 Å². The molecular weight excluding hydrogens is 349 g/mol. The van der Waals surface area contributed by atoms with Crippen molar-refractivity contribution in [3.8, 4) is 0 Å². The lowest BCUT2D eigenvalue weighted by molar-refractivity contribution is -0.132. The quantitative estimate of drug-likeness (QED) is 0.754. The summed E-state index contributed by atoms with van der Waals surface area (Å²) < 4.78 is 0. The maximum atomic E-state index is 12.6. The van der Waals surface area contributed by atoms with Crippen LogP contribution in [-0.4, -0.2) is 30.4 Å². The first kappa shape index (κ1) is 19.0. The topological polar surface area (TPSA) is 75.4 Å². The molecule has 0 radical (unpaired) electrons. The predicted octanol–water partition coefficient (Wildman–Crippen LogP) is 2.98. The zero-order valence-electron chi connectivity index (χ0n) is 13.9. The summed E-state index contributed by atoms with van der Waals surface area (Å²) in [5.74, 6) is -1.17. The fourth-order valence-electron chi connectivity index (χ4n) is 2.72. The summed E-state index contributed by atoms with van der Waals surface area (Å²) in [5, 5.41) is 3.64. The Bertz CT molecular complexity index is 632. The van der Waals surface area contributed by atoms with E-state index < -0.39 is 11.5 Å². The van der Waals surface area contributed by atoms with Gasteiger partial charge in [-0.15, -0.1) is 0 Å². The van der Waals surface area contributed by atoms with Crippen LogP contribution in [0.4, 0.5) is 5.69 Å². The Morgan fingerprint density at radius 3 is 2.58 bits per heavy atom. The third-order valence-corrected chi connectivity index (χ3v) is 5.50. The summed E-state index contributed by atoms with van der Waals surface area (Å²) >= 11 is 11.9. The lowest BCUT2D eigenvalue weighted by Crippen LogP contribution is -2.51.